The first-order valence-electron chi connectivity index (χ1n) is 11.2. The first-order chi connectivity index (χ1) is 18.3. The molecule has 0 atom stereocenters. The number of aryl methyl sites for hydroxylation is 1. The highest BCUT2D eigenvalue weighted by Crippen LogP contribution is 2.36. The summed E-state index contributed by atoms with van der Waals surface area (Å²) < 4.78 is 10.6. The van der Waals surface area contributed by atoms with Crippen LogP contribution in [0, 0.1) is 6.92 Å². The van der Waals surface area contributed by atoms with Crippen LogP contribution < -0.4 is 14.8 Å². The molecule has 0 aliphatic carbocycles. The average molecular weight is 571 g/mol. The van der Waals surface area contributed by atoms with Crippen molar-refractivity contribution in [2.24, 2.45) is 0 Å². The third-order valence-electron chi connectivity index (χ3n) is 5.86. The molecule has 0 bridgehead atoms. The molecule has 5 heterocycles. The number of methoxy groups -OCH3 is 2. The number of rotatable bonds is 6. The van der Waals surface area contributed by atoms with E-state index in [0.29, 0.717) is 39.8 Å². The SMILES string of the molecule is COc1cnc(Cl)cc1-c1cc(C)ncc1C(=O)Nc1nc2c(s1)CN(C(=O)c1c(Cl)ccnc1OC)C2. The third-order valence-corrected chi connectivity index (χ3v) is 7.38. The van der Waals surface area contributed by atoms with Crippen molar-refractivity contribution < 1.29 is 19.1 Å². The van der Waals surface area contributed by atoms with E-state index in [1.54, 1.807) is 23.1 Å². The molecule has 10 nitrogen and oxygen atoms in total. The molecule has 0 spiro atoms. The average Bonchev–Trinajstić information content (AvgIpc) is 3.46. The van der Waals surface area contributed by atoms with Gasteiger partial charge in [-0.3, -0.25) is 19.9 Å². The van der Waals surface area contributed by atoms with E-state index in [1.165, 1.54) is 44.1 Å². The number of thiazole rings is 1. The van der Waals surface area contributed by atoms with Crippen molar-refractivity contribution >= 4 is 51.5 Å². The van der Waals surface area contributed by atoms with Crippen LogP contribution in [0.25, 0.3) is 11.1 Å². The molecule has 0 aromatic carbocycles. The van der Waals surface area contributed by atoms with Gasteiger partial charge in [-0.2, -0.15) is 0 Å². The topological polar surface area (TPSA) is 119 Å². The van der Waals surface area contributed by atoms with Crippen LogP contribution in [0.2, 0.25) is 10.2 Å². The standard InChI is InChI=1S/C25H20Cl2N6O4S/c1-12-6-13(14-7-20(27)30-9-18(14)36-2)15(8-29-12)22(34)32-25-31-17-10-33(11-19(17)38-25)24(35)21-16(26)4-5-28-23(21)37-3/h4-9H,10-11H2,1-3H3,(H,31,32,34). The molecule has 0 unspecified atom stereocenters. The number of hydrogen-bond donors (Lipinski definition) is 1. The van der Waals surface area contributed by atoms with E-state index in [4.69, 9.17) is 32.7 Å². The lowest BCUT2D eigenvalue weighted by atomic mass is 10.0. The number of amides is 2. The molecule has 4 aromatic heterocycles. The normalized spacial score (nSPS) is 12.3. The summed E-state index contributed by atoms with van der Waals surface area (Å²) in [7, 11) is 2.95. The maximum atomic E-state index is 13.3. The first kappa shape index (κ1) is 25.8. The zero-order valence-corrected chi connectivity index (χ0v) is 22.7. The van der Waals surface area contributed by atoms with Crippen molar-refractivity contribution in [2.75, 3.05) is 19.5 Å². The van der Waals surface area contributed by atoms with Gasteiger partial charge in [-0.1, -0.05) is 34.5 Å². The highest BCUT2D eigenvalue weighted by molar-refractivity contribution is 7.16. The number of ether oxygens (including phenoxy) is 2. The lowest BCUT2D eigenvalue weighted by Gasteiger charge is -2.17. The number of aromatic nitrogens is 4. The largest absolute Gasteiger partial charge is 0.494 e. The molecule has 4 aromatic rings. The minimum absolute atomic E-state index is 0.160. The Kier molecular flexibility index (Phi) is 7.15. The van der Waals surface area contributed by atoms with Gasteiger partial charge in [0.2, 0.25) is 5.88 Å². The Hall–Kier alpha value is -3.80. The molecule has 38 heavy (non-hydrogen) atoms. The molecule has 1 aliphatic heterocycles. The van der Waals surface area contributed by atoms with Gasteiger partial charge in [0.05, 0.1) is 54.7 Å². The Labute approximate surface area is 231 Å². The Bertz CT molecular complexity index is 1550. The molecule has 13 heteroatoms. The Morgan fingerprint density at radius 3 is 2.61 bits per heavy atom. The molecule has 0 saturated carbocycles. The summed E-state index contributed by atoms with van der Waals surface area (Å²) >= 11 is 13.7. The Morgan fingerprint density at radius 1 is 1.05 bits per heavy atom. The lowest BCUT2D eigenvalue weighted by molar-refractivity contribution is 0.0746. The van der Waals surface area contributed by atoms with Gasteiger partial charge in [-0.15, -0.1) is 0 Å². The number of anilines is 1. The molecular formula is C25H20Cl2N6O4S. The third kappa shape index (κ3) is 4.87. The predicted molar refractivity (Wildman–Crippen MR) is 143 cm³/mol. The van der Waals surface area contributed by atoms with E-state index >= 15 is 0 Å². The summed E-state index contributed by atoms with van der Waals surface area (Å²) in [6, 6.07) is 4.96. The van der Waals surface area contributed by atoms with Crippen LogP contribution in [0.4, 0.5) is 5.13 Å². The summed E-state index contributed by atoms with van der Waals surface area (Å²) in [4.78, 5) is 45.9. The second-order valence-electron chi connectivity index (χ2n) is 8.26. The maximum Gasteiger partial charge on any atom is 0.261 e. The van der Waals surface area contributed by atoms with Gasteiger partial charge in [0, 0.05) is 29.2 Å². The Balaban J connectivity index is 1.37. The fourth-order valence-corrected chi connectivity index (χ4v) is 5.44. The number of fused-ring (bicyclic) bond motifs is 1. The molecule has 0 radical (unpaired) electrons. The van der Waals surface area contributed by atoms with Crippen LogP contribution in [0.5, 0.6) is 11.6 Å². The summed E-state index contributed by atoms with van der Waals surface area (Å²) in [5.74, 6) is -0.0727. The molecule has 5 rings (SSSR count). The fraction of sp³-hybridized carbons (Fsp3) is 0.200. The predicted octanol–water partition coefficient (Wildman–Crippen LogP) is 5.04. The van der Waals surface area contributed by atoms with Crippen molar-refractivity contribution in [1.29, 1.82) is 0 Å². The van der Waals surface area contributed by atoms with E-state index in [9.17, 15) is 9.59 Å². The van der Waals surface area contributed by atoms with Gasteiger partial charge in [0.1, 0.15) is 16.5 Å². The van der Waals surface area contributed by atoms with Crippen LogP contribution in [0.1, 0.15) is 37.0 Å². The maximum absolute atomic E-state index is 13.3. The second kappa shape index (κ2) is 10.5. The molecule has 0 saturated heterocycles. The van der Waals surface area contributed by atoms with Gasteiger partial charge < -0.3 is 14.4 Å². The zero-order chi connectivity index (χ0) is 27.0. The monoisotopic (exact) mass is 570 g/mol. The minimum atomic E-state index is -0.394. The van der Waals surface area contributed by atoms with Gasteiger partial charge in [-0.05, 0) is 25.1 Å². The number of hydrogen-bond acceptors (Lipinski definition) is 9. The fourth-order valence-electron chi connectivity index (χ4n) is 4.08. The highest BCUT2D eigenvalue weighted by Gasteiger charge is 2.31. The number of nitrogens with one attached hydrogen (secondary N) is 1. The molecule has 1 N–H and O–H groups in total. The summed E-state index contributed by atoms with van der Waals surface area (Å²) in [6.45, 7) is 2.41. The quantitative estimate of drug-likeness (QED) is 0.320. The van der Waals surface area contributed by atoms with E-state index in [2.05, 4.69) is 25.3 Å². The minimum Gasteiger partial charge on any atom is -0.494 e. The zero-order valence-electron chi connectivity index (χ0n) is 20.4. The van der Waals surface area contributed by atoms with Gasteiger partial charge >= 0.3 is 0 Å². The van der Waals surface area contributed by atoms with E-state index in [1.807, 2.05) is 6.92 Å². The molecule has 2 amide bonds. The number of carbonyl (C=O) groups excluding carboxylic acids is 2. The number of pyridine rings is 3. The molecule has 0 fully saturated rings. The lowest BCUT2D eigenvalue weighted by Crippen LogP contribution is -2.26. The van der Waals surface area contributed by atoms with E-state index < -0.39 is 5.91 Å². The second-order valence-corrected chi connectivity index (χ2v) is 10.1. The van der Waals surface area contributed by atoms with Crippen LogP contribution in [-0.2, 0) is 13.1 Å². The summed E-state index contributed by atoms with van der Waals surface area (Å²) in [5.41, 5.74) is 3.15. The highest BCUT2D eigenvalue weighted by atomic mass is 35.5. The smallest absolute Gasteiger partial charge is 0.261 e. The number of nitrogens with zero attached hydrogens (tertiary/aromatic N) is 5. The van der Waals surface area contributed by atoms with Crippen molar-refractivity contribution in [3.8, 4) is 22.8 Å². The molecule has 194 valence electrons. The first-order valence-corrected chi connectivity index (χ1v) is 12.8. The van der Waals surface area contributed by atoms with Crippen LogP contribution >= 0.6 is 34.5 Å². The summed E-state index contributed by atoms with van der Waals surface area (Å²) in [5, 5.41) is 3.79. The van der Waals surface area contributed by atoms with Crippen LogP contribution in [-0.4, -0.2) is 50.9 Å². The van der Waals surface area contributed by atoms with Crippen LogP contribution in [0.15, 0.2) is 36.8 Å². The summed E-state index contributed by atoms with van der Waals surface area (Å²) in [6.07, 6.45) is 4.48. The molecule has 1 aliphatic rings. The molecular weight excluding hydrogens is 551 g/mol. The number of halogens is 2. The van der Waals surface area contributed by atoms with Gasteiger partial charge in [0.15, 0.2) is 5.13 Å². The number of carbonyl (C=O) groups is 2. The van der Waals surface area contributed by atoms with Crippen LogP contribution in [0.3, 0.4) is 0 Å². The van der Waals surface area contributed by atoms with E-state index in [0.717, 1.165) is 10.6 Å². The van der Waals surface area contributed by atoms with Crippen molar-refractivity contribution in [3.63, 3.8) is 0 Å². The Morgan fingerprint density at radius 2 is 1.87 bits per heavy atom. The van der Waals surface area contributed by atoms with E-state index in [-0.39, 0.29) is 34.1 Å². The van der Waals surface area contributed by atoms with Crippen molar-refractivity contribution in [3.05, 3.63) is 74.4 Å². The van der Waals surface area contributed by atoms with Gasteiger partial charge in [0.25, 0.3) is 11.8 Å². The van der Waals surface area contributed by atoms with Crippen molar-refractivity contribution in [1.82, 2.24) is 24.8 Å². The van der Waals surface area contributed by atoms with Gasteiger partial charge in [-0.25, -0.2) is 15.0 Å². The van der Waals surface area contributed by atoms with Crippen molar-refractivity contribution in [2.45, 2.75) is 20.0 Å².